The number of rotatable bonds is 9. The highest BCUT2D eigenvalue weighted by Crippen LogP contribution is 1.99. The predicted molar refractivity (Wildman–Crippen MR) is 61.7 cm³/mol. The highest BCUT2D eigenvalue weighted by Gasteiger charge is 1.99. The van der Waals surface area contributed by atoms with Crippen LogP contribution >= 0.6 is 11.8 Å². The van der Waals surface area contributed by atoms with Gasteiger partial charge in [-0.25, -0.2) is 0 Å². The molecule has 84 valence electrons. The van der Waals surface area contributed by atoms with Gasteiger partial charge in [0.2, 0.25) is 0 Å². The lowest BCUT2D eigenvalue weighted by molar-refractivity contribution is -0.142. The van der Waals surface area contributed by atoms with Gasteiger partial charge in [-0.2, -0.15) is 11.8 Å². The van der Waals surface area contributed by atoms with E-state index in [1.807, 2.05) is 18.7 Å². The van der Waals surface area contributed by atoms with Crippen LogP contribution in [0.4, 0.5) is 0 Å². The lowest BCUT2D eigenvalue weighted by Crippen LogP contribution is -2.20. The van der Waals surface area contributed by atoms with Crippen molar-refractivity contribution < 1.29 is 9.53 Å². The molecule has 0 heterocycles. The van der Waals surface area contributed by atoms with E-state index >= 15 is 0 Å². The van der Waals surface area contributed by atoms with Gasteiger partial charge in [0.25, 0.3) is 0 Å². The summed E-state index contributed by atoms with van der Waals surface area (Å²) >= 11 is 1.95. The fraction of sp³-hybridized carbons (Fsp3) is 0.900. The molecule has 0 bridgehead atoms. The summed E-state index contributed by atoms with van der Waals surface area (Å²) in [5.74, 6) is 2.27. The summed E-state index contributed by atoms with van der Waals surface area (Å²) in [5, 5.41) is 3.22. The molecule has 0 amide bonds. The molecule has 0 radical (unpaired) electrons. The maximum absolute atomic E-state index is 10.9. The van der Waals surface area contributed by atoms with E-state index in [9.17, 15) is 4.79 Å². The maximum atomic E-state index is 10.9. The number of esters is 1. The molecule has 14 heavy (non-hydrogen) atoms. The first kappa shape index (κ1) is 13.8. The molecule has 0 saturated carbocycles. The molecule has 0 aromatic heterocycles. The van der Waals surface area contributed by atoms with Gasteiger partial charge in [0, 0.05) is 6.54 Å². The summed E-state index contributed by atoms with van der Waals surface area (Å²) < 4.78 is 4.80. The number of thioether (sulfide) groups is 1. The minimum absolute atomic E-state index is 0.108. The Morgan fingerprint density at radius 3 is 2.79 bits per heavy atom. The molecule has 0 saturated heterocycles. The molecule has 0 aromatic rings. The minimum atomic E-state index is -0.108. The van der Waals surface area contributed by atoms with Crippen LogP contribution < -0.4 is 5.32 Å². The zero-order chi connectivity index (χ0) is 10.6. The van der Waals surface area contributed by atoms with Gasteiger partial charge in [-0.15, -0.1) is 0 Å². The van der Waals surface area contributed by atoms with Gasteiger partial charge >= 0.3 is 5.97 Å². The average Bonchev–Trinajstić information content (AvgIpc) is 2.17. The first-order valence-electron chi connectivity index (χ1n) is 5.25. The van der Waals surface area contributed by atoms with Gasteiger partial charge in [0.15, 0.2) is 0 Å². The van der Waals surface area contributed by atoms with E-state index in [2.05, 4.69) is 12.2 Å². The zero-order valence-corrected chi connectivity index (χ0v) is 9.99. The van der Waals surface area contributed by atoms with Gasteiger partial charge in [0.1, 0.15) is 0 Å². The maximum Gasteiger partial charge on any atom is 0.307 e. The molecular formula is C10H21NO2S. The Labute approximate surface area is 91.0 Å². The van der Waals surface area contributed by atoms with Gasteiger partial charge in [-0.1, -0.05) is 6.92 Å². The van der Waals surface area contributed by atoms with Gasteiger partial charge in [-0.3, -0.25) is 4.79 Å². The van der Waals surface area contributed by atoms with Crippen LogP contribution in [0.25, 0.3) is 0 Å². The zero-order valence-electron chi connectivity index (χ0n) is 9.17. The Balaban J connectivity index is 3.01. The predicted octanol–water partition coefficient (Wildman–Crippen LogP) is 1.67. The van der Waals surface area contributed by atoms with Crippen molar-refractivity contribution in [2.24, 2.45) is 0 Å². The molecule has 4 heteroatoms. The summed E-state index contributed by atoms with van der Waals surface area (Å²) in [6.07, 6.45) is 1.65. The van der Waals surface area contributed by atoms with Gasteiger partial charge < -0.3 is 10.1 Å². The molecular weight excluding hydrogens is 198 g/mol. The smallest absolute Gasteiger partial charge is 0.307 e. The first-order valence-corrected chi connectivity index (χ1v) is 6.40. The number of nitrogens with one attached hydrogen (secondary N) is 1. The third-order valence-electron chi connectivity index (χ3n) is 1.66. The summed E-state index contributed by atoms with van der Waals surface area (Å²) in [5.41, 5.74) is 0. The molecule has 0 aromatic carbocycles. The van der Waals surface area contributed by atoms with E-state index in [1.54, 1.807) is 0 Å². The van der Waals surface area contributed by atoms with Crippen LogP contribution in [0, 0.1) is 0 Å². The van der Waals surface area contributed by atoms with E-state index in [0.717, 1.165) is 13.1 Å². The van der Waals surface area contributed by atoms with Crippen molar-refractivity contribution in [1.29, 1.82) is 0 Å². The van der Waals surface area contributed by atoms with Crippen molar-refractivity contribution in [1.82, 2.24) is 5.32 Å². The monoisotopic (exact) mass is 219 g/mol. The highest BCUT2D eigenvalue weighted by atomic mass is 32.2. The fourth-order valence-corrected chi connectivity index (χ4v) is 1.63. The van der Waals surface area contributed by atoms with E-state index in [4.69, 9.17) is 4.74 Å². The molecule has 0 unspecified atom stereocenters. The number of carbonyl (C=O) groups is 1. The molecule has 0 atom stereocenters. The molecule has 0 rings (SSSR count). The quantitative estimate of drug-likeness (QED) is 0.473. The van der Waals surface area contributed by atoms with Gasteiger partial charge in [-0.05, 0) is 31.4 Å². The first-order chi connectivity index (χ1) is 6.81. The second-order valence-corrected chi connectivity index (χ2v) is 4.25. The third kappa shape index (κ3) is 9.86. The van der Waals surface area contributed by atoms with E-state index in [-0.39, 0.29) is 5.97 Å². The topological polar surface area (TPSA) is 38.3 Å². The Hall–Kier alpha value is -0.220. The second-order valence-electron chi connectivity index (χ2n) is 2.86. The molecule has 0 aliphatic heterocycles. The van der Waals surface area contributed by atoms with Gasteiger partial charge in [0.05, 0.1) is 13.0 Å². The Kier molecular flexibility index (Phi) is 10.7. The summed E-state index contributed by atoms with van der Waals surface area (Å²) in [7, 11) is 0. The summed E-state index contributed by atoms with van der Waals surface area (Å²) in [6, 6.07) is 0. The van der Waals surface area contributed by atoms with Crippen molar-refractivity contribution in [2.45, 2.75) is 26.7 Å². The SMILES string of the molecule is CCOC(=O)CCNCCCSCC. The van der Waals surface area contributed by atoms with Crippen molar-refractivity contribution in [3.8, 4) is 0 Å². The average molecular weight is 219 g/mol. The van der Waals surface area contributed by atoms with Crippen LogP contribution in [0.1, 0.15) is 26.7 Å². The number of carbonyl (C=O) groups excluding carboxylic acids is 1. The van der Waals surface area contributed by atoms with Crippen LogP contribution in [0.15, 0.2) is 0 Å². The van der Waals surface area contributed by atoms with Crippen LogP contribution in [-0.2, 0) is 9.53 Å². The molecule has 0 spiro atoms. The molecule has 3 nitrogen and oxygen atoms in total. The van der Waals surface area contributed by atoms with E-state index in [0.29, 0.717) is 13.0 Å². The van der Waals surface area contributed by atoms with Crippen molar-refractivity contribution >= 4 is 17.7 Å². The van der Waals surface area contributed by atoms with Crippen LogP contribution in [0.5, 0.6) is 0 Å². The largest absolute Gasteiger partial charge is 0.466 e. The van der Waals surface area contributed by atoms with Crippen LogP contribution in [-0.4, -0.2) is 37.2 Å². The molecule has 1 N–H and O–H groups in total. The number of hydrogen-bond donors (Lipinski definition) is 1. The molecule has 0 fully saturated rings. The van der Waals surface area contributed by atoms with E-state index in [1.165, 1.54) is 17.9 Å². The Morgan fingerprint density at radius 1 is 1.36 bits per heavy atom. The Morgan fingerprint density at radius 2 is 2.14 bits per heavy atom. The Bertz CT molecular complexity index is 142. The van der Waals surface area contributed by atoms with Crippen LogP contribution in [0.3, 0.4) is 0 Å². The fourth-order valence-electron chi connectivity index (χ4n) is 0.992. The van der Waals surface area contributed by atoms with E-state index < -0.39 is 0 Å². The number of ether oxygens (including phenoxy) is 1. The van der Waals surface area contributed by atoms with Crippen LogP contribution in [0.2, 0.25) is 0 Å². The van der Waals surface area contributed by atoms with Crippen molar-refractivity contribution in [3.05, 3.63) is 0 Å². The molecule has 0 aliphatic carbocycles. The van der Waals surface area contributed by atoms with Crippen molar-refractivity contribution in [2.75, 3.05) is 31.2 Å². The molecule has 0 aliphatic rings. The van der Waals surface area contributed by atoms with Crippen molar-refractivity contribution in [3.63, 3.8) is 0 Å². The minimum Gasteiger partial charge on any atom is -0.466 e. The normalized spacial score (nSPS) is 10.1. The lowest BCUT2D eigenvalue weighted by atomic mass is 10.4. The summed E-state index contributed by atoms with van der Waals surface area (Å²) in [6.45, 7) is 6.19. The standard InChI is InChI=1S/C10H21NO2S/c1-3-13-10(12)6-8-11-7-5-9-14-4-2/h11H,3-9H2,1-2H3. The highest BCUT2D eigenvalue weighted by molar-refractivity contribution is 7.99. The number of hydrogen-bond acceptors (Lipinski definition) is 4. The third-order valence-corrected chi connectivity index (χ3v) is 2.64. The lowest BCUT2D eigenvalue weighted by Gasteiger charge is -2.04. The second kappa shape index (κ2) is 10.9. The summed E-state index contributed by atoms with van der Waals surface area (Å²) in [4.78, 5) is 10.9.